The van der Waals surface area contributed by atoms with Crippen LogP contribution in [0.1, 0.15) is 20.8 Å². The fourth-order valence-corrected chi connectivity index (χ4v) is 0.986. The molecule has 0 aromatic carbocycles. The third-order valence-corrected chi connectivity index (χ3v) is 2.54. The first-order valence-corrected chi connectivity index (χ1v) is 5.04. The molecule has 4 nitrogen and oxygen atoms in total. The maximum absolute atomic E-state index is 10.4. The predicted octanol–water partition coefficient (Wildman–Crippen LogP) is 0.947. The van der Waals surface area contributed by atoms with Crippen LogP contribution in [0.5, 0.6) is 0 Å². The van der Waals surface area contributed by atoms with Crippen molar-refractivity contribution in [3.8, 4) is 0 Å². The zero-order chi connectivity index (χ0) is 12.1. The minimum atomic E-state index is -0.888. The first-order chi connectivity index (χ1) is 6.75. The predicted molar refractivity (Wildman–Crippen MR) is 62.0 cm³/mol. The Morgan fingerprint density at radius 3 is 2.40 bits per heavy atom. The Bertz CT molecular complexity index is 245. The molecule has 0 saturated heterocycles. The normalized spacial score (nSPS) is 13.3. The van der Waals surface area contributed by atoms with E-state index in [1.807, 2.05) is 21.0 Å². The van der Waals surface area contributed by atoms with Gasteiger partial charge in [-0.3, -0.25) is 0 Å². The van der Waals surface area contributed by atoms with Crippen molar-refractivity contribution in [1.29, 1.82) is 0 Å². The third kappa shape index (κ3) is 6.25. The van der Waals surface area contributed by atoms with Crippen molar-refractivity contribution in [2.75, 3.05) is 27.2 Å². The number of likely N-dealkylation sites (N-methyl/N-ethyl adjacent to an activating group) is 1. The lowest BCUT2D eigenvalue weighted by molar-refractivity contribution is -0.131. The van der Waals surface area contributed by atoms with E-state index in [1.165, 1.54) is 6.08 Å². The van der Waals surface area contributed by atoms with Crippen molar-refractivity contribution < 1.29 is 9.90 Å². The quantitative estimate of drug-likeness (QED) is 0.646. The van der Waals surface area contributed by atoms with Crippen LogP contribution in [0.3, 0.4) is 0 Å². The molecule has 4 heteroatoms. The van der Waals surface area contributed by atoms with Gasteiger partial charge in [0, 0.05) is 24.7 Å². The van der Waals surface area contributed by atoms with Gasteiger partial charge in [-0.25, -0.2) is 4.79 Å². The molecule has 0 unspecified atom stereocenters. The number of carboxylic acid groups (broad SMARTS) is 1. The van der Waals surface area contributed by atoms with Crippen molar-refractivity contribution in [2.45, 2.75) is 26.3 Å². The molecule has 15 heavy (non-hydrogen) atoms. The fraction of sp³-hybridized carbons (Fsp3) is 0.727. The maximum Gasteiger partial charge on any atom is 0.328 e. The molecule has 0 heterocycles. The van der Waals surface area contributed by atoms with E-state index < -0.39 is 5.97 Å². The van der Waals surface area contributed by atoms with Crippen LogP contribution in [0.25, 0.3) is 0 Å². The van der Waals surface area contributed by atoms with Gasteiger partial charge in [-0.15, -0.1) is 0 Å². The standard InChI is InChI=1S/C11H22N2O2/c1-9(6-10(14)15)7-12-8-11(2,3)13(4)5/h6,12H,7-8H2,1-5H3,(H,14,15). The van der Waals surface area contributed by atoms with Gasteiger partial charge in [0.15, 0.2) is 0 Å². The second-order valence-electron chi connectivity index (χ2n) is 4.64. The number of carbonyl (C=O) groups is 1. The highest BCUT2D eigenvalue weighted by Gasteiger charge is 2.19. The molecule has 0 aliphatic rings. The molecular weight excluding hydrogens is 192 g/mol. The molecule has 0 radical (unpaired) electrons. The van der Waals surface area contributed by atoms with Crippen molar-refractivity contribution in [3.63, 3.8) is 0 Å². The number of rotatable bonds is 6. The minimum absolute atomic E-state index is 0.0729. The topological polar surface area (TPSA) is 52.6 Å². The summed E-state index contributed by atoms with van der Waals surface area (Å²) < 4.78 is 0. The summed E-state index contributed by atoms with van der Waals surface area (Å²) in [6.45, 7) is 7.52. The Morgan fingerprint density at radius 1 is 1.47 bits per heavy atom. The van der Waals surface area contributed by atoms with E-state index in [2.05, 4.69) is 24.1 Å². The third-order valence-electron chi connectivity index (χ3n) is 2.54. The first kappa shape index (κ1) is 14.1. The van der Waals surface area contributed by atoms with E-state index in [0.29, 0.717) is 6.54 Å². The second kappa shape index (κ2) is 5.88. The van der Waals surface area contributed by atoms with Crippen molar-refractivity contribution in [3.05, 3.63) is 11.6 Å². The molecule has 0 aliphatic heterocycles. The van der Waals surface area contributed by atoms with Crippen molar-refractivity contribution in [2.24, 2.45) is 0 Å². The van der Waals surface area contributed by atoms with Crippen LogP contribution in [0.2, 0.25) is 0 Å². The average Bonchev–Trinajstić information content (AvgIpc) is 2.01. The van der Waals surface area contributed by atoms with Crippen LogP contribution in [0.15, 0.2) is 11.6 Å². The number of carboxylic acids is 1. The summed E-state index contributed by atoms with van der Waals surface area (Å²) in [7, 11) is 4.06. The molecule has 2 N–H and O–H groups in total. The lowest BCUT2D eigenvalue weighted by Gasteiger charge is -2.32. The van der Waals surface area contributed by atoms with E-state index in [-0.39, 0.29) is 5.54 Å². The molecule has 88 valence electrons. The number of nitrogens with zero attached hydrogens (tertiary/aromatic N) is 1. The van der Waals surface area contributed by atoms with Crippen molar-refractivity contribution >= 4 is 5.97 Å². The van der Waals surface area contributed by atoms with Gasteiger partial charge in [0.05, 0.1) is 0 Å². The summed E-state index contributed by atoms with van der Waals surface area (Å²) in [5.74, 6) is -0.888. The number of hydrogen-bond acceptors (Lipinski definition) is 3. The van der Waals surface area contributed by atoms with Gasteiger partial charge < -0.3 is 15.3 Å². The molecule has 0 amide bonds. The van der Waals surface area contributed by atoms with E-state index in [0.717, 1.165) is 12.1 Å². The highest BCUT2D eigenvalue weighted by molar-refractivity contribution is 5.80. The van der Waals surface area contributed by atoms with E-state index in [4.69, 9.17) is 5.11 Å². The van der Waals surface area contributed by atoms with Crippen LogP contribution in [-0.2, 0) is 4.79 Å². The summed E-state index contributed by atoms with van der Waals surface area (Å²) in [6.07, 6.45) is 1.23. The Balaban J connectivity index is 3.95. The Hall–Kier alpha value is -0.870. The van der Waals surface area contributed by atoms with E-state index >= 15 is 0 Å². The summed E-state index contributed by atoms with van der Waals surface area (Å²) in [5, 5.41) is 11.8. The van der Waals surface area contributed by atoms with Gasteiger partial charge in [0.1, 0.15) is 0 Å². The maximum atomic E-state index is 10.4. The summed E-state index contributed by atoms with van der Waals surface area (Å²) >= 11 is 0. The molecule has 0 fully saturated rings. The van der Waals surface area contributed by atoms with Crippen LogP contribution in [-0.4, -0.2) is 48.7 Å². The average molecular weight is 214 g/mol. The van der Waals surface area contributed by atoms with Gasteiger partial charge in [-0.1, -0.05) is 5.57 Å². The fourth-order valence-electron chi connectivity index (χ4n) is 0.986. The summed E-state index contributed by atoms with van der Waals surface area (Å²) in [5.41, 5.74) is 0.904. The van der Waals surface area contributed by atoms with Gasteiger partial charge in [-0.2, -0.15) is 0 Å². The van der Waals surface area contributed by atoms with E-state index in [1.54, 1.807) is 0 Å². The van der Waals surface area contributed by atoms with Crippen LogP contribution < -0.4 is 5.32 Å². The van der Waals surface area contributed by atoms with Crippen LogP contribution in [0, 0.1) is 0 Å². The van der Waals surface area contributed by atoms with Crippen molar-refractivity contribution in [1.82, 2.24) is 10.2 Å². The van der Waals surface area contributed by atoms with Gasteiger partial charge in [0.2, 0.25) is 0 Å². The molecule has 0 atom stereocenters. The van der Waals surface area contributed by atoms with Gasteiger partial charge in [-0.05, 0) is 34.9 Å². The van der Waals surface area contributed by atoms with E-state index in [9.17, 15) is 4.79 Å². The molecular formula is C11H22N2O2. The Morgan fingerprint density at radius 2 is 2.00 bits per heavy atom. The molecule has 0 aliphatic carbocycles. The number of hydrogen-bond donors (Lipinski definition) is 2. The lowest BCUT2D eigenvalue weighted by Crippen LogP contribution is -2.47. The summed E-state index contributed by atoms with van der Waals surface area (Å²) in [6, 6.07) is 0. The smallest absolute Gasteiger partial charge is 0.328 e. The van der Waals surface area contributed by atoms with Gasteiger partial charge in [0.25, 0.3) is 0 Å². The number of nitrogens with one attached hydrogen (secondary N) is 1. The lowest BCUT2D eigenvalue weighted by atomic mass is 10.0. The van der Waals surface area contributed by atoms with Gasteiger partial charge >= 0.3 is 5.97 Å². The van der Waals surface area contributed by atoms with Crippen LogP contribution >= 0.6 is 0 Å². The molecule has 0 aromatic rings. The Labute approximate surface area is 92.0 Å². The first-order valence-electron chi connectivity index (χ1n) is 5.04. The zero-order valence-corrected chi connectivity index (χ0v) is 10.3. The summed E-state index contributed by atoms with van der Waals surface area (Å²) in [4.78, 5) is 12.5. The highest BCUT2D eigenvalue weighted by Crippen LogP contribution is 2.07. The zero-order valence-electron chi connectivity index (χ0n) is 10.3. The monoisotopic (exact) mass is 214 g/mol. The second-order valence-corrected chi connectivity index (χ2v) is 4.64. The number of aliphatic carboxylic acids is 1. The molecule has 0 bridgehead atoms. The molecule has 0 saturated carbocycles. The largest absolute Gasteiger partial charge is 0.478 e. The van der Waals surface area contributed by atoms with Crippen LogP contribution in [0.4, 0.5) is 0 Å². The highest BCUT2D eigenvalue weighted by atomic mass is 16.4. The molecule has 0 rings (SSSR count). The minimum Gasteiger partial charge on any atom is -0.478 e. The Kier molecular flexibility index (Phi) is 5.54. The molecule has 0 aromatic heterocycles. The SMILES string of the molecule is CC(=CC(=O)O)CNCC(C)(C)N(C)C. The molecule has 0 spiro atoms.